The van der Waals surface area contributed by atoms with E-state index in [1.807, 2.05) is 61.5 Å². The quantitative estimate of drug-likeness (QED) is 0.309. The van der Waals surface area contributed by atoms with Gasteiger partial charge in [0, 0.05) is 12.1 Å². The molecule has 6 nitrogen and oxygen atoms in total. The lowest BCUT2D eigenvalue weighted by atomic mass is 10.0. The SMILES string of the molecule is Cc1cc(C)c2oc(Cc3ccc(NC(=S)NC(=O)COc4ccc(C(C)C)cc4)cc3)nc2c1. The third-order valence-corrected chi connectivity index (χ3v) is 5.81. The molecule has 0 atom stereocenters. The van der Waals surface area contributed by atoms with Crippen molar-refractivity contribution in [2.75, 3.05) is 11.9 Å². The van der Waals surface area contributed by atoms with Crippen LogP contribution in [0.1, 0.15) is 47.9 Å². The molecule has 0 bridgehead atoms. The van der Waals surface area contributed by atoms with Crippen molar-refractivity contribution in [2.24, 2.45) is 0 Å². The number of anilines is 1. The number of carbonyl (C=O) groups excluding carboxylic acids is 1. The minimum absolute atomic E-state index is 0.120. The Bertz CT molecular complexity index is 1340. The monoisotopic (exact) mass is 487 g/mol. The molecule has 3 aromatic carbocycles. The normalized spacial score (nSPS) is 11.0. The molecule has 35 heavy (non-hydrogen) atoms. The maximum absolute atomic E-state index is 12.2. The molecule has 0 unspecified atom stereocenters. The molecule has 1 heterocycles. The molecular formula is C28H29N3O3S. The number of hydrogen-bond acceptors (Lipinski definition) is 5. The van der Waals surface area contributed by atoms with Gasteiger partial charge in [-0.25, -0.2) is 4.98 Å². The number of oxazole rings is 1. The van der Waals surface area contributed by atoms with E-state index >= 15 is 0 Å². The highest BCUT2D eigenvalue weighted by molar-refractivity contribution is 7.80. The molecule has 2 N–H and O–H groups in total. The minimum atomic E-state index is -0.325. The molecule has 7 heteroatoms. The van der Waals surface area contributed by atoms with Gasteiger partial charge < -0.3 is 14.5 Å². The summed E-state index contributed by atoms with van der Waals surface area (Å²) >= 11 is 5.26. The van der Waals surface area contributed by atoms with Gasteiger partial charge in [-0.05, 0) is 84.6 Å². The van der Waals surface area contributed by atoms with Crippen LogP contribution in [0.5, 0.6) is 5.75 Å². The summed E-state index contributed by atoms with van der Waals surface area (Å²) in [7, 11) is 0. The second-order valence-corrected chi connectivity index (χ2v) is 9.33. The molecule has 4 rings (SSSR count). The molecular weight excluding hydrogens is 458 g/mol. The third kappa shape index (κ3) is 6.45. The zero-order valence-electron chi connectivity index (χ0n) is 20.3. The number of ether oxygens (including phenoxy) is 1. The number of carbonyl (C=O) groups is 1. The molecule has 0 spiro atoms. The summed E-state index contributed by atoms with van der Waals surface area (Å²) in [6, 6.07) is 19.6. The van der Waals surface area contributed by atoms with Crippen molar-refractivity contribution in [3.05, 3.63) is 88.8 Å². The summed E-state index contributed by atoms with van der Waals surface area (Å²) in [6.07, 6.45) is 0.587. The Balaban J connectivity index is 1.27. The topological polar surface area (TPSA) is 76.4 Å². The fourth-order valence-electron chi connectivity index (χ4n) is 3.80. The zero-order chi connectivity index (χ0) is 24.9. The van der Waals surface area contributed by atoms with Gasteiger partial charge in [-0.3, -0.25) is 10.1 Å². The van der Waals surface area contributed by atoms with E-state index in [-0.39, 0.29) is 17.6 Å². The highest BCUT2D eigenvalue weighted by atomic mass is 32.1. The van der Waals surface area contributed by atoms with Gasteiger partial charge in [-0.1, -0.05) is 44.2 Å². The van der Waals surface area contributed by atoms with Crippen molar-refractivity contribution < 1.29 is 13.9 Å². The van der Waals surface area contributed by atoms with Crippen molar-refractivity contribution in [3.8, 4) is 5.75 Å². The number of thiocarbonyl (C=S) groups is 1. The lowest BCUT2D eigenvalue weighted by Gasteiger charge is -2.11. The number of rotatable bonds is 7. The fourth-order valence-corrected chi connectivity index (χ4v) is 4.03. The summed E-state index contributed by atoms with van der Waals surface area (Å²) in [6.45, 7) is 8.22. The first-order valence-electron chi connectivity index (χ1n) is 11.6. The van der Waals surface area contributed by atoms with Gasteiger partial charge in [0.2, 0.25) is 0 Å². The van der Waals surface area contributed by atoms with Crippen LogP contribution < -0.4 is 15.4 Å². The van der Waals surface area contributed by atoms with Gasteiger partial charge in [0.05, 0.1) is 0 Å². The van der Waals surface area contributed by atoms with Crippen molar-refractivity contribution >= 4 is 40.0 Å². The minimum Gasteiger partial charge on any atom is -0.484 e. The number of nitrogens with zero attached hydrogens (tertiary/aromatic N) is 1. The van der Waals surface area contributed by atoms with Gasteiger partial charge in [-0.2, -0.15) is 0 Å². The van der Waals surface area contributed by atoms with E-state index in [1.54, 1.807) is 0 Å². The first kappa shape index (κ1) is 24.4. The van der Waals surface area contributed by atoms with Gasteiger partial charge >= 0.3 is 0 Å². The molecule has 1 amide bonds. The van der Waals surface area contributed by atoms with Crippen molar-refractivity contribution in [1.29, 1.82) is 0 Å². The third-order valence-electron chi connectivity index (χ3n) is 5.60. The van der Waals surface area contributed by atoms with Gasteiger partial charge in [0.15, 0.2) is 23.2 Å². The number of hydrogen-bond donors (Lipinski definition) is 2. The van der Waals surface area contributed by atoms with Crippen molar-refractivity contribution in [3.63, 3.8) is 0 Å². The van der Waals surface area contributed by atoms with Crippen LogP contribution in [-0.4, -0.2) is 22.6 Å². The summed E-state index contributed by atoms with van der Waals surface area (Å²) in [5.74, 6) is 1.44. The van der Waals surface area contributed by atoms with Crippen LogP contribution in [0.25, 0.3) is 11.1 Å². The molecule has 0 aliphatic carbocycles. The first-order chi connectivity index (χ1) is 16.8. The number of fused-ring (bicyclic) bond motifs is 1. The van der Waals surface area contributed by atoms with Crippen LogP contribution in [0.3, 0.4) is 0 Å². The van der Waals surface area contributed by atoms with Crippen LogP contribution in [0.2, 0.25) is 0 Å². The van der Waals surface area contributed by atoms with E-state index in [4.69, 9.17) is 21.4 Å². The maximum Gasteiger partial charge on any atom is 0.264 e. The molecule has 0 saturated carbocycles. The Morgan fingerprint density at radius 3 is 2.46 bits per heavy atom. The maximum atomic E-state index is 12.2. The van der Waals surface area contributed by atoms with E-state index < -0.39 is 0 Å². The Morgan fingerprint density at radius 2 is 1.77 bits per heavy atom. The fraction of sp³-hybridized carbons (Fsp3) is 0.250. The molecule has 0 aliphatic rings. The predicted octanol–water partition coefficient (Wildman–Crippen LogP) is 6.05. The van der Waals surface area contributed by atoms with Crippen LogP contribution in [0, 0.1) is 13.8 Å². The van der Waals surface area contributed by atoms with E-state index in [9.17, 15) is 4.79 Å². The van der Waals surface area contributed by atoms with E-state index in [2.05, 4.69) is 42.5 Å². The number of aryl methyl sites for hydroxylation is 2. The molecule has 0 saturated heterocycles. The van der Waals surface area contributed by atoms with Crippen molar-refractivity contribution in [2.45, 2.75) is 40.0 Å². The number of aromatic nitrogens is 1. The van der Waals surface area contributed by atoms with E-state index in [1.165, 1.54) is 11.1 Å². The standard InChI is InChI=1S/C28H29N3O3S/c1-17(2)21-7-11-23(12-8-21)33-16-25(32)31-28(35)29-22-9-5-20(6-10-22)15-26-30-24-14-18(3)13-19(4)27(24)34-26/h5-14,17H,15-16H2,1-4H3,(H2,29,31,32,35). The van der Waals surface area contributed by atoms with Crippen LogP contribution in [0.4, 0.5) is 5.69 Å². The van der Waals surface area contributed by atoms with E-state index in [0.29, 0.717) is 24.0 Å². The second kappa shape index (κ2) is 10.7. The van der Waals surface area contributed by atoms with Crippen molar-refractivity contribution in [1.82, 2.24) is 10.3 Å². The van der Waals surface area contributed by atoms with Crippen LogP contribution >= 0.6 is 12.2 Å². The average molecular weight is 488 g/mol. The number of amides is 1. The summed E-state index contributed by atoms with van der Waals surface area (Å²) < 4.78 is 11.5. The molecule has 0 radical (unpaired) electrons. The lowest BCUT2D eigenvalue weighted by molar-refractivity contribution is -0.121. The average Bonchev–Trinajstić information content (AvgIpc) is 3.22. The van der Waals surface area contributed by atoms with Gasteiger partial charge in [0.1, 0.15) is 11.3 Å². The number of nitrogens with one attached hydrogen (secondary N) is 2. The summed E-state index contributed by atoms with van der Waals surface area (Å²) in [5, 5.41) is 5.88. The Labute approximate surface area is 210 Å². The molecule has 180 valence electrons. The van der Waals surface area contributed by atoms with Crippen LogP contribution in [0.15, 0.2) is 65.1 Å². The zero-order valence-corrected chi connectivity index (χ0v) is 21.2. The summed E-state index contributed by atoms with van der Waals surface area (Å²) in [5.41, 5.74) is 7.02. The first-order valence-corrected chi connectivity index (χ1v) is 12.0. The summed E-state index contributed by atoms with van der Waals surface area (Å²) in [4.78, 5) is 16.8. The van der Waals surface area contributed by atoms with Crippen LogP contribution in [-0.2, 0) is 11.2 Å². The molecule has 0 aliphatic heterocycles. The van der Waals surface area contributed by atoms with Gasteiger partial charge in [0.25, 0.3) is 5.91 Å². The lowest BCUT2D eigenvalue weighted by Crippen LogP contribution is -2.37. The number of benzene rings is 3. The smallest absolute Gasteiger partial charge is 0.264 e. The highest BCUT2D eigenvalue weighted by Crippen LogP contribution is 2.23. The van der Waals surface area contributed by atoms with E-state index in [0.717, 1.165) is 27.9 Å². The Kier molecular flexibility index (Phi) is 7.46. The van der Waals surface area contributed by atoms with Gasteiger partial charge in [-0.15, -0.1) is 0 Å². The molecule has 4 aromatic rings. The highest BCUT2D eigenvalue weighted by Gasteiger charge is 2.10. The predicted molar refractivity (Wildman–Crippen MR) is 143 cm³/mol. The Morgan fingerprint density at radius 1 is 1.06 bits per heavy atom. The largest absolute Gasteiger partial charge is 0.484 e. The molecule has 1 aromatic heterocycles. The molecule has 0 fully saturated rings. The second-order valence-electron chi connectivity index (χ2n) is 8.93. The Hall–Kier alpha value is -3.71.